The van der Waals surface area contributed by atoms with Gasteiger partial charge in [0.05, 0.1) is 44.9 Å². The quantitative estimate of drug-likeness (QED) is 0.0208. The molecule has 0 aliphatic rings. The van der Waals surface area contributed by atoms with Crippen LogP contribution in [0.5, 0.6) is 11.5 Å². The average molecular weight is 1030 g/mol. The zero-order valence-corrected chi connectivity index (χ0v) is 41.0. The highest BCUT2D eigenvalue weighted by Gasteiger charge is 2.26. The summed E-state index contributed by atoms with van der Waals surface area (Å²) in [4.78, 5) is 103. The number of amides is 4. The lowest BCUT2D eigenvalue weighted by molar-refractivity contribution is -0.124. The summed E-state index contributed by atoms with van der Waals surface area (Å²) in [6.45, 7) is 3.28. The minimum atomic E-state index is -1.27. The summed E-state index contributed by atoms with van der Waals surface area (Å²) in [6.07, 6.45) is 4.39. The van der Waals surface area contributed by atoms with E-state index in [1.807, 2.05) is 0 Å². The lowest BCUT2D eigenvalue weighted by atomic mass is 10.0. The Labute approximate surface area is 433 Å². The largest absolute Gasteiger partial charge is 0.484 e. The summed E-state index contributed by atoms with van der Waals surface area (Å²) >= 11 is 0. The first-order chi connectivity index (χ1) is 36.5. The Morgan fingerprint density at radius 1 is 0.500 bits per heavy atom. The number of aromatic nitrogens is 2. The number of hydrogen-bond donors (Lipinski definition) is 8. The van der Waals surface area contributed by atoms with Crippen molar-refractivity contribution in [3.63, 3.8) is 0 Å². The predicted octanol–water partition coefficient (Wildman–Crippen LogP) is 6.81. The van der Waals surface area contributed by atoms with Crippen LogP contribution in [0.3, 0.4) is 0 Å². The van der Waals surface area contributed by atoms with Crippen molar-refractivity contribution >= 4 is 80.9 Å². The first-order valence-electron chi connectivity index (χ1n) is 23.7. The fourth-order valence-electron chi connectivity index (χ4n) is 8.51. The van der Waals surface area contributed by atoms with Gasteiger partial charge in [0.25, 0.3) is 23.6 Å². The van der Waals surface area contributed by atoms with E-state index >= 15 is 0 Å². The average Bonchev–Trinajstić information content (AvgIpc) is 3.86. The van der Waals surface area contributed by atoms with Crippen LogP contribution in [0.15, 0.2) is 134 Å². The molecule has 4 aromatic carbocycles. The first kappa shape index (κ1) is 52.1. The van der Waals surface area contributed by atoms with E-state index in [4.69, 9.17) is 20.9 Å². The van der Waals surface area contributed by atoms with Crippen LogP contribution >= 0.6 is 0 Å². The molecule has 4 heterocycles. The Morgan fingerprint density at radius 2 is 0.908 bits per heavy atom. The Bertz CT molecular complexity index is 3420. The summed E-state index contributed by atoms with van der Waals surface area (Å²) in [5, 5.41) is 30.4. The highest BCUT2D eigenvalue weighted by molar-refractivity contribution is 6.16. The van der Waals surface area contributed by atoms with E-state index in [9.17, 15) is 48.6 Å². The number of nitrogen functional groups attached to an aromatic ring is 2. The van der Waals surface area contributed by atoms with Crippen LogP contribution in [-0.2, 0) is 9.59 Å². The number of ether oxygens (including phenoxy) is 2. The standard InChI is InChI=1S/C56H50N8O12/c1-31-47(43-15-3-7-23-63(43)49(31)51(67)33-17-19-41(57)39(27-33)55(71)72)61-53(69)35-11-9-13-37(25-35)75-29-45(65)59-21-5-6-22-60-46(66)30-76-38-14-10-12-36(26-38)54(70)62-48-32(2)50(64-24-8-4-16-44(48)64)52(68)34-18-20-42(58)40(28-34)56(73)74/h3-4,7-20,23-28H,5-6,21-22,29-30,57-58H2,1-2H3,(H,59,65)(H,60,66)(H,61,69)(H,62,70)(H,71,72)(H,73,74). The number of aromatic carboxylic acids is 2. The van der Waals surface area contributed by atoms with Crippen molar-refractivity contribution in [1.29, 1.82) is 0 Å². The third-order valence-corrected chi connectivity index (χ3v) is 12.4. The molecule has 0 fully saturated rings. The molecule has 0 radical (unpaired) electrons. The Morgan fingerprint density at radius 3 is 1.30 bits per heavy atom. The molecule has 0 saturated heterocycles. The molecule has 20 heteroatoms. The molecule has 0 unspecified atom stereocenters. The maximum absolute atomic E-state index is 13.8. The van der Waals surface area contributed by atoms with Crippen LogP contribution in [0, 0.1) is 13.8 Å². The number of carbonyl (C=O) groups excluding carboxylic acids is 6. The SMILES string of the molecule is Cc1c(NC(=O)c2cccc(OCC(=O)NCCCCNC(=O)COc3cccc(C(=O)Nc4c(C)c(C(=O)c5ccc(N)c(C(=O)O)c5)n5ccccc45)c3)c2)c2ccccn2c1C(=O)c1ccc(N)c(C(=O)O)c1. The minimum Gasteiger partial charge on any atom is -0.484 e. The normalized spacial score (nSPS) is 10.9. The zero-order valence-electron chi connectivity index (χ0n) is 41.0. The molecule has 76 heavy (non-hydrogen) atoms. The number of carbonyl (C=O) groups is 8. The van der Waals surface area contributed by atoms with Gasteiger partial charge in [-0.1, -0.05) is 24.3 Å². The summed E-state index contributed by atoms with van der Waals surface area (Å²) in [7, 11) is 0. The number of nitrogens with one attached hydrogen (secondary N) is 4. The molecule has 0 atom stereocenters. The van der Waals surface area contributed by atoms with Crippen LogP contribution in [0.2, 0.25) is 0 Å². The van der Waals surface area contributed by atoms with E-state index in [2.05, 4.69) is 21.3 Å². The lowest BCUT2D eigenvalue weighted by Crippen LogP contribution is -2.32. The highest BCUT2D eigenvalue weighted by atomic mass is 16.5. The summed E-state index contributed by atoms with van der Waals surface area (Å²) in [5.74, 6) is -4.79. The fraction of sp³-hybridized carbons (Fsp3) is 0.143. The molecule has 8 rings (SSSR count). The highest BCUT2D eigenvalue weighted by Crippen LogP contribution is 2.33. The number of nitrogens with zero attached hydrogens (tertiary/aromatic N) is 2. The van der Waals surface area contributed by atoms with E-state index in [1.165, 1.54) is 48.5 Å². The number of ketones is 2. The number of pyridine rings is 2. The van der Waals surface area contributed by atoms with Gasteiger partial charge in [0.2, 0.25) is 11.6 Å². The number of unbranched alkanes of at least 4 members (excludes halogenated alkanes) is 1. The van der Waals surface area contributed by atoms with Gasteiger partial charge in [-0.2, -0.15) is 0 Å². The zero-order chi connectivity index (χ0) is 54.2. The fourth-order valence-corrected chi connectivity index (χ4v) is 8.51. The van der Waals surface area contributed by atoms with Crippen molar-refractivity contribution in [2.45, 2.75) is 26.7 Å². The van der Waals surface area contributed by atoms with Crippen molar-refractivity contribution in [3.8, 4) is 11.5 Å². The molecule has 386 valence electrons. The van der Waals surface area contributed by atoms with Crippen LogP contribution < -0.4 is 42.2 Å². The molecule has 10 N–H and O–H groups in total. The number of nitrogens with two attached hydrogens (primary N) is 2. The number of anilines is 4. The summed E-state index contributed by atoms with van der Waals surface area (Å²) < 4.78 is 14.6. The number of hydrogen-bond acceptors (Lipinski definition) is 12. The van der Waals surface area contributed by atoms with Gasteiger partial charge in [-0.05, 0) is 124 Å². The molecule has 8 aromatic rings. The molecule has 20 nitrogen and oxygen atoms in total. The molecule has 0 bridgehead atoms. The van der Waals surface area contributed by atoms with Crippen LogP contribution in [-0.4, -0.2) is 92.5 Å². The maximum atomic E-state index is 13.8. The summed E-state index contributed by atoms with van der Waals surface area (Å²) in [5.41, 5.74) is 15.0. The third kappa shape index (κ3) is 11.3. The predicted molar refractivity (Wildman–Crippen MR) is 282 cm³/mol. The maximum Gasteiger partial charge on any atom is 0.337 e. The van der Waals surface area contributed by atoms with Gasteiger partial charge in [-0.3, -0.25) is 28.8 Å². The van der Waals surface area contributed by atoms with Crippen molar-refractivity contribution in [3.05, 3.63) is 190 Å². The number of carboxylic acids is 2. The number of rotatable bonds is 21. The van der Waals surface area contributed by atoms with Gasteiger partial charge < -0.3 is 61.2 Å². The van der Waals surface area contributed by atoms with Gasteiger partial charge in [0.1, 0.15) is 11.5 Å². The Kier molecular flexibility index (Phi) is 15.5. The van der Waals surface area contributed by atoms with Crippen LogP contribution in [0.4, 0.5) is 22.7 Å². The molecule has 0 spiro atoms. The smallest absolute Gasteiger partial charge is 0.337 e. The molecule has 4 amide bonds. The van der Waals surface area contributed by atoms with Gasteiger partial charge >= 0.3 is 11.9 Å². The topological polar surface area (TPSA) is 304 Å². The van der Waals surface area contributed by atoms with E-state index in [0.717, 1.165) is 0 Å². The molecule has 0 saturated carbocycles. The lowest BCUT2D eigenvalue weighted by Gasteiger charge is -2.11. The van der Waals surface area contributed by atoms with Gasteiger partial charge in [0, 0.05) is 70.2 Å². The van der Waals surface area contributed by atoms with E-state index in [-0.39, 0.29) is 80.9 Å². The second-order valence-corrected chi connectivity index (χ2v) is 17.4. The monoisotopic (exact) mass is 1030 g/mol. The van der Waals surface area contributed by atoms with Gasteiger partial charge in [-0.25, -0.2) is 9.59 Å². The molecule has 4 aromatic heterocycles. The van der Waals surface area contributed by atoms with Gasteiger partial charge in [-0.15, -0.1) is 0 Å². The van der Waals surface area contributed by atoms with Crippen LogP contribution in [0.25, 0.3) is 11.0 Å². The van der Waals surface area contributed by atoms with E-state index in [0.29, 0.717) is 59.5 Å². The van der Waals surface area contributed by atoms with Gasteiger partial charge in [0.15, 0.2) is 13.2 Å². The third-order valence-electron chi connectivity index (χ3n) is 12.4. The van der Waals surface area contributed by atoms with Crippen LogP contribution in [0.1, 0.15) is 97.5 Å². The molecular weight excluding hydrogens is 977 g/mol. The van der Waals surface area contributed by atoms with Crippen molar-refractivity contribution in [2.75, 3.05) is 48.4 Å². The Balaban J connectivity index is 0.769. The van der Waals surface area contributed by atoms with E-state index in [1.54, 1.807) is 108 Å². The molecular formula is C56H50N8O12. The Hall–Kier alpha value is -10.2. The van der Waals surface area contributed by atoms with E-state index < -0.39 is 47.1 Å². The summed E-state index contributed by atoms with van der Waals surface area (Å²) in [6, 6.07) is 30.9. The number of carboxylic acid groups (broad SMARTS) is 2. The van der Waals surface area contributed by atoms with Crippen molar-refractivity contribution in [1.82, 2.24) is 19.4 Å². The van der Waals surface area contributed by atoms with Crippen molar-refractivity contribution < 1.29 is 58.0 Å². The second-order valence-electron chi connectivity index (χ2n) is 17.4. The number of fused-ring (bicyclic) bond motifs is 2. The van der Waals surface area contributed by atoms with Crippen molar-refractivity contribution in [2.24, 2.45) is 0 Å². The molecule has 0 aliphatic heterocycles. The molecule has 0 aliphatic carbocycles. The second kappa shape index (κ2) is 22.7. The number of benzene rings is 4. The first-order valence-corrected chi connectivity index (χ1v) is 23.7. The minimum absolute atomic E-state index is 0.0170.